The zero-order valence-electron chi connectivity index (χ0n) is 16.6. The highest BCUT2D eigenvalue weighted by atomic mass is 35.5. The number of nitrogens with two attached hydrogens (primary N) is 1. The number of amides is 1. The van der Waals surface area contributed by atoms with Crippen LogP contribution in [-0.2, 0) is 11.2 Å². The lowest BCUT2D eigenvalue weighted by atomic mass is 9.94. The third-order valence-electron chi connectivity index (χ3n) is 4.57. The molecule has 0 aliphatic carbocycles. The molecule has 158 valence electrons. The highest BCUT2D eigenvalue weighted by Crippen LogP contribution is 2.33. The van der Waals surface area contributed by atoms with Crippen molar-refractivity contribution in [2.24, 2.45) is 5.73 Å². The molecule has 0 spiro atoms. The minimum Gasteiger partial charge on any atom is -0.493 e. The SMILES string of the molecule is CCC(N)(CC)CNC(=O)Cc1csc(-c2ccc(OC)c(OC)c2)n1.Cl.Cl. The van der Waals surface area contributed by atoms with Crippen LogP contribution in [-0.4, -0.2) is 37.2 Å². The Morgan fingerprint density at radius 3 is 2.39 bits per heavy atom. The van der Waals surface area contributed by atoms with Crippen molar-refractivity contribution in [3.05, 3.63) is 29.3 Å². The van der Waals surface area contributed by atoms with Crippen LogP contribution in [0.2, 0.25) is 0 Å². The number of carbonyl (C=O) groups is 1. The maximum atomic E-state index is 12.2. The van der Waals surface area contributed by atoms with E-state index in [1.165, 1.54) is 11.3 Å². The van der Waals surface area contributed by atoms with Crippen molar-refractivity contribution in [1.82, 2.24) is 10.3 Å². The number of thiazole rings is 1. The van der Waals surface area contributed by atoms with Crippen LogP contribution in [0, 0.1) is 0 Å². The van der Waals surface area contributed by atoms with Gasteiger partial charge in [0.2, 0.25) is 5.91 Å². The highest BCUT2D eigenvalue weighted by molar-refractivity contribution is 7.13. The van der Waals surface area contributed by atoms with Gasteiger partial charge < -0.3 is 20.5 Å². The lowest BCUT2D eigenvalue weighted by molar-refractivity contribution is -0.120. The molecule has 0 fully saturated rings. The van der Waals surface area contributed by atoms with Gasteiger partial charge in [-0.3, -0.25) is 4.79 Å². The quantitative estimate of drug-likeness (QED) is 0.606. The molecule has 1 heterocycles. The van der Waals surface area contributed by atoms with E-state index in [9.17, 15) is 4.79 Å². The fraction of sp³-hybridized carbons (Fsp3) is 0.474. The first-order valence-electron chi connectivity index (χ1n) is 8.67. The highest BCUT2D eigenvalue weighted by Gasteiger charge is 2.21. The molecule has 28 heavy (non-hydrogen) atoms. The zero-order chi connectivity index (χ0) is 19.2. The number of rotatable bonds is 9. The van der Waals surface area contributed by atoms with Crippen molar-refractivity contribution in [2.45, 2.75) is 38.6 Å². The summed E-state index contributed by atoms with van der Waals surface area (Å²) in [5.74, 6) is 1.26. The van der Waals surface area contributed by atoms with Crippen molar-refractivity contribution in [1.29, 1.82) is 0 Å². The second-order valence-electron chi connectivity index (χ2n) is 6.24. The fourth-order valence-electron chi connectivity index (χ4n) is 2.49. The fourth-order valence-corrected chi connectivity index (χ4v) is 3.31. The molecule has 0 radical (unpaired) electrons. The Balaban J connectivity index is 0.00000364. The predicted molar refractivity (Wildman–Crippen MR) is 119 cm³/mol. The predicted octanol–water partition coefficient (Wildman–Crippen LogP) is 3.85. The zero-order valence-corrected chi connectivity index (χ0v) is 19.1. The Bertz CT molecular complexity index is 752. The summed E-state index contributed by atoms with van der Waals surface area (Å²) in [4.78, 5) is 16.7. The van der Waals surface area contributed by atoms with Crippen LogP contribution in [0.4, 0.5) is 0 Å². The van der Waals surface area contributed by atoms with E-state index in [0.717, 1.165) is 29.1 Å². The molecule has 9 heteroatoms. The van der Waals surface area contributed by atoms with E-state index in [-0.39, 0.29) is 42.7 Å². The van der Waals surface area contributed by atoms with Crippen LogP contribution < -0.4 is 20.5 Å². The van der Waals surface area contributed by atoms with Gasteiger partial charge in [0.1, 0.15) is 5.01 Å². The van der Waals surface area contributed by atoms with E-state index in [4.69, 9.17) is 15.2 Å². The van der Waals surface area contributed by atoms with Crippen LogP contribution in [0.1, 0.15) is 32.4 Å². The van der Waals surface area contributed by atoms with Gasteiger partial charge in [-0.25, -0.2) is 4.98 Å². The minimum atomic E-state index is -0.345. The summed E-state index contributed by atoms with van der Waals surface area (Å²) in [5.41, 5.74) is 7.55. The Labute approximate surface area is 183 Å². The maximum Gasteiger partial charge on any atom is 0.226 e. The van der Waals surface area contributed by atoms with Crippen LogP contribution >= 0.6 is 36.2 Å². The molecule has 1 amide bonds. The van der Waals surface area contributed by atoms with E-state index in [1.54, 1.807) is 14.2 Å². The molecule has 0 aliphatic heterocycles. The van der Waals surface area contributed by atoms with Gasteiger partial charge in [0, 0.05) is 23.0 Å². The summed E-state index contributed by atoms with van der Waals surface area (Å²) in [6.07, 6.45) is 1.89. The molecule has 2 rings (SSSR count). The minimum absolute atomic E-state index is 0. The van der Waals surface area contributed by atoms with E-state index in [1.807, 2.05) is 37.4 Å². The van der Waals surface area contributed by atoms with Gasteiger partial charge in [-0.15, -0.1) is 36.2 Å². The molecule has 0 atom stereocenters. The molecular formula is C19H29Cl2N3O3S. The standard InChI is InChI=1S/C19H27N3O3S.2ClH/c1-5-19(20,6-2)12-21-17(23)10-14-11-26-18(22-14)13-7-8-15(24-3)16(9-13)25-4;;/h7-9,11H,5-6,10,12,20H2,1-4H3,(H,21,23);2*1H. The summed E-state index contributed by atoms with van der Waals surface area (Å²) >= 11 is 1.50. The first kappa shape index (κ1) is 26.5. The number of ether oxygens (including phenoxy) is 2. The summed E-state index contributed by atoms with van der Waals surface area (Å²) in [6, 6.07) is 5.65. The summed E-state index contributed by atoms with van der Waals surface area (Å²) < 4.78 is 10.6. The maximum absolute atomic E-state index is 12.2. The number of hydrogen-bond acceptors (Lipinski definition) is 6. The molecule has 3 N–H and O–H groups in total. The van der Waals surface area contributed by atoms with Crippen LogP contribution in [0.25, 0.3) is 10.6 Å². The summed E-state index contributed by atoms with van der Waals surface area (Å²) in [6.45, 7) is 4.54. The molecule has 0 bridgehead atoms. The number of methoxy groups -OCH3 is 2. The van der Waals surface area contributed by atoms with E-state index in [2.05, 4.69) is 10.3 Å². The number of carbonyl (C=O) groups excluding carboxylic acids is 1. The van der Waals surface area contributed by atoms with Crippen molar-refractivity contribution in [3.63, 3.8) is 0 Å². The van der Waals surface area contributed by atoms with E-state index >= 15 is 0 Å². The van der Waals surface area contributed by atoms with Gasteiger partial charge in [0.05, 0.1) is 26.3 Å². The first-order chi connectivity index (χ1) is 12.4. The lowest BCUT2D eigenvalue weighted by Crippen LogP contribution is -2.49. The molecule has 6 nitrogen and oxygen atoms in total. The average Bonchev–Trinajstić information content (AvgIpc) is 3.13. The number of nitrogens with zero attached hydrogens (tertiary/aromatic N) is 1. The summed E-state index contributed by atoms with van der Waals surface area (Å²) in [7, 11) is 3.20. The van der Waals surface area contributed by atoms with E-state index < -0.39 is 0 Å². The summed E-state index contributed by atoms with van der Waals surface area (Å²) in [5, 5.41) is 5.66. The first-order valence-corrected chi connectivity index (χ1v) is 9.55. The molecule has 1 aromatic heterocycles. The van der Waals surface area contributed by atoms with E-state index in [0.29, 0.717) is 18.0 Å². The number of aromatic nitrogens is 1. The second kappa shape index (κ2) is 12.1. The van der Waals surface area contributed by atoms with Crippen molar-refractivity contribution in [2.75, 3.05) is 20.8 Å². The average molecular weight is 450 g/mol. The Kier molecular flexibility index (Phi) is 11.4. The molecule has 0 unspecified atom stereocenters. The largest absolute Gasteiger partial charge is 0.493 e. The van der Waals surface area contributed by atoms with Crippen LogP contribution in [0.5, 0.6) is 11.5 Å². The van der Waals surface area contributed by atoms with Gasteiger partial charge in [-0.1, -0.05) is 13.8 Å². The van der Waals surface area contributed by atoms with Gasteiger partial charge in [0.15, 0.2) is 11.5 Å². The lowest BCUT2D eigenvalue weighted by Gasteiger charge is -2.26. The van der Waals surface area contributed by atoms with Gasteiger partial charge in [0.25, 0.3) is 0 Å². The number of hydrogen-bond donors (Lipinski definition) is 2. The Morgan fingerprint density at radius 1 is 1.18 bits per heavy atom. The van der Waals surface area contributed by atoms with Gasteiger partial charge in [-0.05, 0) is 31.0 Å². The van der Waals surface area contributed by atoms with Gasteiger partial charge >= 0.3 is 0 Å². The van der Waals surface area contributed by atoms with Crippen LogP contribution in [0.15, 0.2) is 23.6 Å². The Hall–Kier alpha value is -1.54. The van der Waals surface area contributed by atoms with Crippen molar-refractivity contribution >= 4 is 42.1 Å². The normalized spacial score (nSPS) is 10.5. The molecule has 0 saturated carbocycles. The van der Waals surface area contributed by atoms with Crippen molar-refractivity contribution in [3.8, 4) is 22.1 Å². The molecular weight excluding hydrogens is 421 g/mol. The third kappa shape index (κ3) is 6.81. The Morgan fingerprint density at radius 2 is 1.82 bits per heavy atom. The molecule has 0 saturated heterocycles. The number of benzene rings is 1. The number of halogens is 2. The molecule has 0 aliphatic rings. The van der Waals surface area contributed by atoms with Crippen molar-refractivity contribution < 1.29 is 14.3 Å². The third-order valence-corrected chi connectivity index (χ3v) is 5.51. The molecule has 2 aromatic rings. The molecule has 1 aromatic carbocycles. The van der Waals surface area contributed by atoms with Crippen LogP contribution in [0.3, 0.4) is 0 Å². The number of nitrogens with one attached hydrogen (secondary N) is 1. The smallest absolute Gasteiger partial charge is 0.226 e. The monoisotopic (exact) mass is 449 g/mol. The topological polar surface area (TPSA) is 86.5 Å². The second-order valence-corrected chi connectivity index (χ2v) is 7.09. The van der Waals surface area contributed by atoms with Gasteiger partial charge in [-0.2, -0.15) is 0 Å².